The van der Waals surface area contributed by atoms with Gasteiger partial charge >= 0.3 is 0 Å². The molecule has 3 heteroatoms. The van der Waals surface area contributed by atoms with Gasteiger partial charge in [0.1, 0.15) is 0 Å². The Hall–Kier alpha value is -0.900. The third-order valence-corrected chi connectivity index (χ3v) is 3.25. The molecular formula is C14H21NO2. The number of likely N-dealkylation sites (tertiary alicyclic amines) is 1. The van der Waals surface area contributed by atoms with Crippen LogP contribution in [0.15, 0.2) is 30.3 Å². The molecule has 2 rings (SSSR count). The van der Waals surface area contributed by atoms with Crippen molar-refractivity contribution >= 4 is 0 Å². The van der Waals surface area contributed by atoms with E-state index in [1.165, 1.54) is 12.0 Å². The van der Waals surface area contributed by atoms with E-state index in [0.29, 0.717) is 25.9 Å². The molecule has 94 valence electrons. The lowest BCUT2D eigenvalue weighted by molar-refractivity contribution is -0.00858. The standard InChI is InChI=1S/C14H21NO2/c16-10-14-7-4-8-15(9-14)12-17-11-13-5-2-1-3-6-13/h1-3,5-6,14,16H,4,7-12H2. The second-order valence-corrected chi connectivity index (χ2v) is 4.73. The van der Waals surface area contributed by atoms with Crippen LogP contribution in [0.25, 0.3) is 0 Å². The summed E-state index contributed by atoms with van der Waals surface area (Å²) < 4.78 is 5.70. The highest BCUT2D eigenvalue weighted by Crippen LogP contribution is 2.15. The fourth-order valence-electron chi connectivity index (χ4n) is 2.28. The average molecular weight is 235 g/mol. The first-order chi connectivity index (χ1) is 8.38. The number of hydrogen-bond acceptors (Lipinski definition) is 3. The maximum Gasteiger partial charge on any atom is 0.0994 e. The average Bonchev–Trinajstić information content (AvgIpc) is 2.40. The summed E-state index contributed by atoms with van der Waals surface area (Å²) in [5.41, 5.74) is 1.21. The second kappa shape index (κ2) is 6.74. The van der Waals surface area contributed by atoms with E-state index in [9.17, 15) is 0 Å². The number of aliphatic hydroxyl groups excluding tert-OH is 1. The van der Waals surface area contributed by atoms with Crippen molar-refractivity contribution in [2.75, 3.05) is 26.4 Å². The lowest BCUT2D eigenvalue weighted by atomic mass is 10.00. The van der Waals surface area contributed by atoms with Crippen LogP contribution in [0.3, 0.4) is 0 Å². The highest BCUT2D eigenvalue weighted by molar-refractivity contribution is 5.13. The van der Waals surface area contributed by atoms with E-state index in [0.717, 1.165) is 19.5 Å². The van der Waals surface area contributed by atoms with Crippen molar-refractivity contribution in [3.8, 4) is 0 Å². The number of aliphatic hydroxyl groups is 1. The molecule has 1 aliphatic heterocycles. The molecule has 1 aliphatic rings. The molecule has 1 heterocycles. The van der Waals surface area contributed by atoms with Gasteiger partial charge in [-0.15, -0.1) is 0 Å². The van der Waals surface area contributed by atoms with Crippen LogP contribution in [-0.4, -0.2) is 36.4 Å². The quantitative estimate of drug-likeness (QED) is 0.845. The molecule has 0 aliphatic carbocycles. The minimum absolute atomic E-state index is 0.301. The topological polar surface area (TPSA) is 32.7 Å². The van der Waals surface area contributed by atoms with Crippen LogP contribution in [0.2, 0.25) is 0 Å². The molecule has 1 N–H and O–H groups in total. The lowest BCUT2D eigenvalue weighted by Crippen LogP contribution is -2.38. The van der Waals surface area contributed by atoms with Crippen molar-refractivity contribution < 1.29 is 9.84 Å². The number of benzene rings is 1. The Morgan fingerprint density at radius 1 is 1.29 bits per heavy atom. The Bertz CT molecular complexity index is 315. The van der Waals surface area contributed by atoms with Crippen LogP contribution in [-0.2, 0) is 11.3 Å². The number of hydrogen-bond donors (Lipinski definition) is 1. The maximum absolute atomic E-state index is 9.14. The van der Waals surface area contributed by atoms with E-state index < -0.39 is 0 Å². The van der Waals surface area contributed by atoms with Gasteiger partial charge < -0.3 is 9.84 Å². The van der Waals surface area contributed by atoms with Gasteiger partial charge in [-0.2, -0.15) is 0 Å². The predicted octanol–water partition coefficient (Wildman–Crippen LogP) is 1.86. The van der Waals surface area contributed by atoms with Crippen LogP contribution >= 0.6 is 0 Å². The Kier molecular flexibility index (Phi) is 4.98. The number of rotatable bonds is 5. The number of piperidine rings is 1. The zero-order valence-corrected chi connectivity index (χ0v) is 10.2. The van der Waals surface area contributed by atoms with Crippen LogP contribution < -0.4 is 0 Å². The molecule has 0 saturated carbocycles. The zero-order chi connectivity index (χ0) is 11.9. The normalized spacial score (nSPS) is 21.6. The Morgan fingerprint density at radius 3 is 2.88 bits per heavy atom. The first-order valence-electron chi connectivity index (χ1n) is 6.33. The molecule has 1 aromatic rings. The SMILES string of the molecule is OCC1CCCN(COCc2ccccc2)C1. The van der Waals surface area contributed by atoms with Crippen LogP contribution in [0.5, 0.6) is 0 Å². The van der Waals surface area contributed by atoms with Gasteiger partial charge in [-0.05, 0) is 24.3 Å². The molecule has 0 aromatic heterocycles. The first-order valence-corrected chi connectivity index (χ1v) is 6.33. The van der Waals surface area contributed by atoms with Gasteiger partial charge in [-0.1, -0.05) is 30.3 Å². The number of nitrogens with zero attached hydrogens (tertiary/aromatic N) is 1. The van der Waals surface area contributed by atoms with Crippen molar-refractivity contribution in [2.24, 2.45) is 5.92 Å². The summed E-state index contributed by atoms with van der Waals surface area (Å²) in [7, 11) is 0. The zero-order valence-electron chi connectivity index (χ0n) is 10.2. The summed E-state index contributed by atoms with van der Waals surface area (Å²) in [5, 5.41) is 9.14. The van der Waals surface area contributed by atoms with Crippen molar-refractivity contribution in [1.29, 1.82) is 0 Å². The fraction of sp³-hybridized carbons (Fsp3) is 0.571. The molecule has 1 atom stereocenters. The highest BCUT2D eigenvalue weighted by Gasteiger charge is 2.18. The molecule has 0 bridgehead atoms. The van der Waals surface area contributed by atoms with Crippen LogP contribution in [0.4, 0.5) is 0 Å². The second-order valence-electron chi connectivity index (χ2n) is 4.73. The summed E-state index contributed by atoms with van der Waals surface area (Å²) >= 11 is 0. The summed E-state index contributed by atoms with van der Waals surface area (Å²) in [6.45, 7) is 3.69. The van der Waals surface area contributed by atoms with E-state index in [2.05, 4.69) is 17.0 Å². The molecule has 3 nitrogen and oxygen atoms in total. The molecule has 0 spiro atoms. The van der Waals surface area contributed by atoms with Crippen molar-refractivity contribution in [3.05, 3.63) is 35.9 Å². The summed E-state index contributed by atoms with van der Waals surface area (Å²) in [5.74, 6) is 0.434. The van der Waals surface area contributed by atoms with Gasteiger partial charge in [0.05, 0.1) is 13.3 Å². The molecule has 1 unspecified atom stereocenters. The van der Waals surface area contributed by atoms with E-state index in [4.69, 9.17) is 9.84 Å². The van der Waals surface area contributed by atoms with Crippen molar-refractivity contribution in [1.82, 2.24) is 4.90 Å². The largest absolute Gasteiger partial charge is 0.396 e. The molecule has 0 radical (unpaired) electrons. The molecule has 0 amide bonds. The van der Waals surface area contributed by atoms with Gasteiger partial charge in [0.25, 0.3) is 0 Å². The molecule has 1 saturated heterocycles. The maximum atomic E-state index is 9.14. The summed E-state index contributed by atoms with van der Waals surface area (Å²) in [4.78, 5) is 2.29. The van der Waals surface area contributed by atoms with E-state index in [1.54, 1.807) is 0 Å². The fourth-order valence-corrected chi connectivity index (χ4v) is 2.28. The number of ether oxygens (including phenoxy) is 1. The van der Waals surface area contributed by atoms with Crippen molar-refractivity contribution in [3.63, 3.8) is 0 Å². The Labute approximate surface area is 103 Å². The van der Waals surface area contributed by atoms with Gasteiger partial charge in [-0.3, -0.25) is 4.90 Å². The smallest absolute Gasteiger partial charge is 0.0994 e. The van der Waals surface area contributed by atoms with E-state index >= 15 is 0 Å². The minimum atomic E-state index is 0.301. The first kappa shape index (κ1) is 12.6. The van der Waals surface area contributed by atoms with Gasteiger partial charge in [0.15, 0.2) is 0 Å². The summed E-state index contributed by atoms with van der Waals surface area (Å²) in [6, 6.07) is 10.2. The Balaban J connectivity index is 1.68. The monoisotopic (exact) mass is 235 g/mol. The molecule has 1 aromatic carbocycles. The van der Waals surface area contributed by atoms with Crippen LogP contribution in [0.1, 0.15) is 18.4 Å². The van der Waals surface area contributed by atoms with Crippen molar-refractivity contribution in [2.45, 2.75) is 19.4 Å². The third kappa shape index (κ3) is 4.11. The van der Waals surface area contributed by atoms with Crippen LogP contribution in [0, 0.1) is 5.92 Å². The minimum Gasteiger partial charge on any atom is -0.396 e. The Morgan fingerprint density at radius 2 is 2.12 bits per heavy atom. The summed E-state index contributed by atoms with van der Waals surface area (Å²) in [6.07, 6.45) is 2.31. The third-order valence-electron chi connectivity index (χ3n) is 3.25. The van der Waals surface area contributed by atoms with Gasteiger partial charge in [0.2, 0.25) is 0 Å². The van der Waals surface area contributed by atoms with E-state index in [1.807, 2.05) is 18.2 Å². The van der Waals surface area contributed by atoms with E-state index in [-0.39, 0.29) is 0 Å². The van der Waals surface area contributed by atoms with Gasteiger partial charge in [0, 0.05) is 19.7 Å². The molecule has 17 heavy (non-hydrogen) atoms. The highest BCUT2D eigenvalue weighted by atomic mass is 16.5. The predicted molar refractivity (Wildman–Crippen MR) is 67.5 cm³/mol. The van der Waals surface area contributed by atoms with Gasteiger partial charge in [-0.25, -0.2) is 0 Å². The lowest BCUT2D eigenvalue weighted by Gasteiger charge is -2.31. The molecule has 1 fully saturated rings. The molecular weight excluding hydrogens is 214 g/mol.